The molecule has 33 heavy (non-hydrogen) atoms. The van der Waals surface area contributed by atoms with E-state index < -0.39 is 25.4 Å². The average Bonchev–Trinajstić information content (AvgIpc) is 3.30. The minimum Gasteiger partial charge on any atom is -0.263 e. The summed E-state index contributed by atoms with van der Waals surface area (Å²) in [4.78, 5) is 0. The number of hydrogen-bond donors (Lipinski definition) is 0. The van der Waals surface area contributed by atoms with E-state index in [1.54, 1.807) is 54.6 Å². The first-order valence-corrected chi connectivity index (χ1v) is 9.97. The standard InChI is InChI=1S/C22H15ClF6N4/c23-17-9-5-4-8-16(17)19-18(15-10-30-32(11-15)12-21(24,25)26)20(14-6-2-1-3-7-14)33(31-19)13-22(27,28)29/h1-11H,12-13H2. The Hall–Kier alpha value is -3.27. The number of benzene rings is 2. The molecule has 0 atom stereocenters. The van der Waals surface area contributed by atoms with Crippen LogP contribution in [0, 0.1) is 0 Å². The van der Waals surface area contributed by atoms with Crippen LogP contribution in [0.4, 0.5) is 26.3 Å². The van der Waals surface area contributed by atoms with Gasteiger partial charge in [0.05, 0.1) is 16.9 Å². The van der Waals surface area contributed by atoms with E-state index >= 15 is 0 Å². The molecular weight excluding hydrogens is 470 g/mol. The van der Waals surface area contributed by atoms with Gasteiger partial charge in [-0.05, 0) is 6.07 Å². The summed E-state index contributed by atoms with van der Waals surface area (Å²) < 4.78 is 80.3. The second-order valence-corrected chi connectivity index (χ2v) is 7.64. The van der Waals surface area contributed by atoms with Gasteiger partial charge >= 0.3 is 12.4 Å². The zero-order chi connectivity index (χ0) is 23.8. The molecule has 2 aromatic heterocycles. The number of hydrogen-bond acceptors (Lipinski definition) is 2. The van der Waals surface area contributed by atoms with Gasteiger partial charge < -0.3 is 0 Å². The summed E-state index contributed by atoms with van der Waals surface area (Å²) in [7, 11) is 0. The lowest BCUT2D eigenvalue weighted by Crippen LogP contribution is -2.19. The van der Waals surface area contributed by atoms with Crippen LogP contribution in [0.2, 0.25) is 5.02 Å². The Labute approximate surface area is 189 Å². The lowest BCUT2D eigenvalue weighted by Gasteiger charge is -2.12. The van der Waals surface area contributed by atoms with Crippen molar-refractivity contribution in [2.75, 3.05) is 0 Å². The molecule has 0 unspecified atom stereocenters. The van der Waals surface area contributed by atoms with E-state index in [2.05, 4.69) is 10.2 Å². The molecule has 4 nitrogen and oxygen atoms in total. The summed E-state index contributed by atoms with van der Waals surface area (Å²) in [6.45, 7) is -2.74. The first-order valence-electron chi connectivity index (χ1n) is 9.59. The first kappa shape index (κ1) is 22.9. The van der Waals surface area contributed by atoms with Crippen molar-refractivity contribution in [1.82, 2.24) is 19.6 Å². The molecule has 0 fully saturated rings. The third kappa shape index (κ3) is 5.22. The van der Waals surface area contributed by atoms with E-state index in [9.17, 15) is 26.3 Å². The number of aromatic nitrogens is 4. The van der Waals surface area contributed by atoms with Gasteiger partial charge in [-0.1, -0.05) is 60.1 Å². The third-order valence-electron chi connectivity index (χ3n) is 4.72. The molecule has 0 amide bonds. The van der Waals surface area contributed by atoms with Crippen LogP contribution in [0.1, 0.15) is 0 Å². The van der Waals surface area contributed by atoms with Gasteiger partial charge in [0.25, 0.3) is 0 Å². The maximum atomic E-state index is 13.4. The molecule has 0 N–H and O–H groups in total. The molecule has 0 bridgehead atoms. The van der Waals surface area contributed by atoms with E-state index in [1.165, 1.54) is 6.20 Å². The second kappa shape index (κ2) is 8.58. The summed E-state index contributed by atoms with van der Waals surface area (Å²) in [5, 5.41) is 8.21. The lowest BCUT2D eigenvalue weighted by molar-refractivity contribution is -0.143. The molecule has 0 aliphatic heterocycles. The van der Waals surface area contributed by atoms with Crippen LogP contribution in [-0.4, -0.2) is 31.9 Å². The minimum atomic E-state index is -4.59. The molecule has 0 spiro atoms. The topological polar surface area (TPSA) is 35.6 Å². The van der Waals surface area contributed by atoms with E-state index in [0.717, 1.165) is 10.9 Å². The van der Waals surface area contributed by atoms with Gasteiger partial charge in [-0.3, -0.25) is 9.36 Å². The molecule has 0 aliphatic carbocycles. The summed E-state index contributed by atoms with van der Waals surface area (Å²) in [6, 6.07) is 14.6. The van der Waals surface area contributed by atoms with Gasteiger partial charge in [0.15, 0.2) is 0 Å². The molecule has 0 radical (unpaired) electrons. The van der Waals surface area contributed by atoms with Crippen LogP contribution >= 0.6 is 11.6 Å². The largest absolute Gasteiger partial charge is 0.408 e. The highest BCUT2D eigenvalue weighted by molar-refractivity contribution is 6.33. The van der Waals surface area contributed by atoms with Crippen molar-refractivity contribution in [3.8, 4) is 33.6 Å². The zero-order valence-corrected chi connectivity index (χ0v) is 17.5. The van der Waals surface area contributed by atoms with Crippen molar-refractivity contribution >= 4 is 11.6 Å². The van der Waals surface area contributed by atoms with E-state index in [1.807, 2.05) is 0 Å². The smallest absolute Gasteiger partial charge is 0.263 e. The average molecular weight is 485 g/mol. The van der Waals surface area contributed by atoms with Crippen LogP contribution < -0.4 is 0 Å². The first-order chi connectivity index (χ1) is 15.5. The lowest BCUT2D eigenvalue weighted by atomic mass is 9.97. The predicted molar refractivity (Wildman–Crippen MR) is 111 cm³/mol. The number of nitrogens with zero attached hydrogens (tertiary/aromatic N) is 4. The van der Waals surface area contributed by atoms with Crippen LogP contribution in [0.25, 0.3) is 33.6 Å². The number of alkyl halides is 6. The number of rotatable bonds is 5. The summed E-state index contributed by atoms with van der Waals surface area (Å²) in [5.74, 6) is 0. The van der Waals surface area contributed by atoms with Crippen molar-refractivity contribution in [3.05, 3.63) is 72.0 Å². The fourth-order valence-corrected chi connectivity index (χ4v) is 3.74. The van der Waals surface area contributed by atoms with Gasteiger partial charge in [0.1, 0.15) is 18.8 Å². The Bertz CT molecular complexity index is 1260. The highest BCUT2D eigenvalue weighted by atomic mass is 35.5. The summed E-state index contributed by atoms with van der Waals surface area (Å²) in [6.07, 6.45) is -6.80. The maximum absolute atomic E-state index is 13.4. The van der Waals surface area contributed by atoms with Crippen molar-refractivity contribution < 1.29 is 26.3 Å². The van der Waals surface area contributed by atoms with Gasteiger partial charge in [-0.25, -0.2) is 0 Å². The monoisotopic (exact) mass is 484 g/mol. The Morgan fingerprint density at radius 3 is 2.06 bits per heavy atom. The predicted octanol–water partition coefficient (Wildman–Crippen LogP) is 6.86. The molecule has 0 saturated carbocycles. The quantitative estimate of drug-likeness (QED) is 0.290. The van der Waals surface area contributed by atoms with E-state index in [0.29, 0.717) is 15.8 Å². The van der Waals surface area contributed by atoms with Crippen LogP contribution in [0.5, 0.6) is 0 Å². The summed E-state index contributed by atoms with van der Waals surface area (Å²) >= 11 is 6.31. The van der Waals surface area contributed by atoms with Gasteiger partial charge in [-0.15, -0.1) is 0 Å². The molecule has 2 aromatic carbocycles. The van der Waals surface area contributed by atoms with Crippen LogP contribution in [0.15, 0.2) is 67.0 Å². The van der Waals surface area contributed by atoms with Crippen molar-refractivity contribution in [1.29, 1.82) is 0 Å². The fourth-order valence-electron chi connectivity index (χ4n) is 3.51. The molecule has 11 heteroatoms. The Balaban J connectivity index is 2.00. The highest BCUT2D eigenvalue weighted by Crippen LogP contribution is 2.42. The molecule has 2 heterocycles. The van der Waals surface area contributed by atoms with Crippen molar-refractivity contribution in [2.24, 2.45) is 0 Å². The normalized spacial score (nSPS) is 12.3. The molecule has 4 rings (SSSR count). The summed E-state index contributed by atoms with van der Waals surface area (Å²) in [5.41, 5.74) is 1.33. The molecule has 0 aliphatic rings. The molecular formula is C22H15ClF6N4. The minimum absolute atomic E-state index is 0.0920. The van der Waals surface area contributed by atoms with E-state index in [4.69, 9.17) is 11.6 Å². The Morgan fingerprint density at radius 2 is 1.42 bits per heavy atom. The zero-order valence-electron chi connectivity index (χ0n) is 16.7. The second-order valence-electron chi connectivity index (χ2n) is 7.23. The van der Waals surface area contributed by atoms with Crippen molar-refractivity contribution in [2.45, 2.75) is 25.4 Å². The van der Waals surface area contributed by atoms with Gasteiger partial charge in [-0.2, -0.15) is 36.5 Å². The number of halogens is 7. The fraction of sp³-hybridized carbons (Fsp3) is 0.182. The van der Waals surface area contributed by atoms with Gasteiger partial charge in [0.2, 0.25) is 0 Å². The van der Waals surface area contributed by atoms with Crippen LogP contribution in [-0.2, 0) is 13.1 Å². The maximum Gasteiger partial charge on any atom is 0.408 e. The Morgan fingerprint density at radius 1 is 0.788 bits per heavy atom. The Kier molecular flexibility index (Phi) is 5.96. The molecule has 172 valence electrons. The molecule has 0 saturated heterocycles. The third-order valence-corrected chi connectivity index (χ3v) is 5.05. The SMILES string of the molecule is FC(F)(F)Cn1cc(-c2c(-c3ccccc3Cl)nn(CC(F)(F)F)c2-c2ccccc2)cn1. The molecule has 4 aromatic rings. The van der Waals surface area contributed by atoms with Crippen LogP contribution in [0.3, 0.4) is 0 Å². The highest BCUT2D eigenvalue weighted by Gasteiger charge is 2.33. The van der Waals surface area contributed by atoms with Crippen molar-refractivity contribution in [3.63, 3.8) is 0 Å². The van der Waals surface area contributed by atoms with Gasteiger partial charge in [0, 0.05) is 28.5 Å². The van der Waals surface area contributed by atoms with E-state index in [-0.39, 0.29) is 27.5 Å².